The predicted molar refractivity (Wildman–Crippen MR) is 70.3 cm³/mol. The number of carboxylic acids is 1. The number of hydrogen-bond acceptors (Lipinski definition) is 5. The zero-order chi connectivity index (χ0) is 13.2. The van der Waals surface area contributed by atoms with E-state index in [1.807, 2.05) is 29.2 Å². The molecule has 2 heterocycles. The Morgan fingerprint density at radius 2 is 2.00 bits per heavy atom. The molecular weight excluding hydrogens is 246 g/mol. The van der Waals surface area contributed by atoms with E-state index in [2.05, 4.69) is 9.88 Å². The molecule has 1 N–H and O–H groups in total. The maximum absolute atomic E-state index is 10.7. The summed E-state index contributed by atoms with van der Waals surface area (Å²) in [6, 6.07) is 8.29. The number of piperazine rings is 1. The normalized spacial score (nSPS) is 16.9. The van der Waals surface area contributed by atoms with E-state index in [0.29, 0.717) is 19.1 Å². The first kappa shape index (κ1) is 12.0. The summed E-state index contributed by atoms with van der Waals surface area (Å²) in [5, 5.41) is 8.76. The Morgan fingerprint density at radius 1 is 1.26 bits per heavy atom. The average Bonchev–Trinajstić information content (AvgIpc) is 2.82. The number of aromatic nitrogens is 1. The molecule has 2 aromatic rings. The standard InChI is InChI=1S/C13H15N3O3/c17-12(18)9-15-5-7-16(8-6-15)13-14-10-3-1-2-4-11(10)19-13/h1-4H,5-9H2,(H,17,18). The van der Waals surface area contributed by atoms with Crippen LogP contribution in [0, 0.1) is 0 Å². The molecule has 0 atom stereocenters. The van der Waals surface area contributed by atoms with Crippen molar-refractivity contribution < 1.29 is 14.3 Å². The van der Waals surface area contributed by atoms with Gasteiger partial charge in [0.1, 0.15) is 5.52 Å². The van der Waals surface area contributed by atoms with Crippen molar-refractivity contribution in [1.29, 1.82) is 0 Å². The molecule has 1 aromatic heterocycles. The van der Waals surface area contributed by atoms with Gasteiger partial charge in [-0.3, -0.25) is 9.69 Å². The van der Waals surface area contributed by atoms with E-state index in [0.717, 1.165) is 24.2 Å². The first-order valence-corrected chi connectivity index (χ1v) is 6.27. The number of aliphatic carboxylic acids is 1. The second-order valence-corrected chi connectivity index (χ2v) is 4.62. The minimum absolute atomic E-state index is 0.0986. The Labute approximate surface area is 110 Å². The molecule has 1 aliphatic heterocycles. The number of carbonyl (C=O) groups is 1. The molecule has 0 saturated carbocycles. The minimum atomic E-state index is -0.782. The first-order valence-electron chi connectivity index (χ1n) is 6.27. The number of anilines is 1. The maximum atomic E-state index is 10.7. The molecule has 1 fully saturated rings. The van der Waals surface area contributed by atoms with Crippen molar-refractivity contribution in [3.05, 3.63) is 24.3 Å². The zero-order valence-electron chi connectivity index (χ0n) is 10.5. The van der Waals surface area contributed by atoms with Crippen molar-refractivity contribution in [3.8, 4) is 0 Å². The topological polar surface area (TPSA) is 69.8 Å². The van der Waals surface area contributed by atoms with Crippen molar-refractivity contribution in [3.63, 3.8) is 0 Å². The molecule has 0 amide bonds. The molecule has 1 aliphatic rings. The largest absolute Gasteiger partial charge is 0.480 e. The summed E-state index contributed by atoms with van der Waals surface area (Å²) in [4.78, 5) is 19.1. The highest BCUT2D eigenvalue weighted by Crippen LogP contribution is 2.22. The quantitative estimate of drug-likeness (QED) is 0.890. The molecule has 1 aromatic carbocycles. The van der Waals surface area contributed by atoms with Crippen LogP contribution in [-0.4, -0.2) is 53.7 Å². The molecule has 0 radical (unpaired) electrons. The summed E-state index contributed by atoms with van der Waals surface area (Å²) >= 11 is 0. The summed E-state index contributed by atoms with van der Waals surface area (Å²) in [6.45, 7) is 3.00. The number of oxazole rings is 1. The molecular formula is C13H15N3O3. The Kier molecular flexibility index (Phi) is 3.08. The molecule has 6 nitrogen and oxygen atoms in total. The monoisotopic (exact) mass is 261 g/mol. The predicted octanol–water partition coefficient (Wildman–Crippen LogP) is 1.03. The second-order valence-electron chi connectivity index (χ2n) is 4.62. The van der Waals surface area contributed by atoms with Gasteiger partial charge in [-0.15, -0.1) is 0 Å². The summed E-state index contributed by atoms with van der Waals surface area (Å²) in [5.74, 6) is -0.782. The number of rotatable bonds is 3. The fourth-order valence-corrected chi connectivity index (χ4v) is 2.28. The Balaban J connectivity index is 1.69. The first-order chi connectivity index (χ1) is 9.22. The molecule has 19 heavy (non-hydrogen) atoms. The second kappa shape index (κ2) is 4.89. The highest BCUT2D eigenvalue weighted by molar-refractivity contribution is 5.74. The van der Waals surface area contributed by atoms with Crippen LogP contribution in [0.3, 0.4) is 0 Å². The van der Waals surface area contributed by atoms with Crippen molar-refractivity contribution in [2.45, 2.75) is 0 Å². The zero-order valence-corrected chi connectivity index (χ0v) is 10.5. The van der Waals surface area contributed by atoms with E-state index in [-0.39, 0.29) is 6.54 Å². The third kappa shape index (κ3) is 2.53. The van der Waals surface area contributed by atoms with Crippen LogP contribution in [0.4, 0.5) is 6.01 Å². The van der Waals surface area contributed by atoms with Gasteiger partial charge < -0.3 is 14.4 Å². The molecule has 0 spiro atoms. The molecule has 3 rings (SSSR count). The number of nitrogens with zero attached hydrogens (tertiary/aromatic N) is 3. The van der Waals surface area contributed by atoms with Gasteiger partial charge >= 0.3 is 5.97 Å². The molecule has 100 valence electrons. The van der Waals surface area contributed by atoms with Gasteiger partial charge in [0.05, 0.1) is 6.54 Å². The van der Waals surface area contributed by atoms with E-state index >= 15 is 0 Å². The van der Waals surface area contributed by atoms with Gasteiger partial charge in [-0.2, -0.15) is 4.98 Å². The molecule has 0 unspecified atom stereocenters. The lowest BCUT2D eigenvalue weighted by Crippen LogP contribution is -2.48. The van der Waals surface area contributed by atoms with Crippen molar-refractivity contribution in [1.82, 2.24) is 9.88 Å². The van der Waals surface area contributed by atoms with Gasteiger partial charge in [-0.1, -0.05) is 12.1 Å². The Hall–Kier alpha value is -2.08. The highest BCUT2D eigenvalue weighted by Gasteiger charge is 2.21. The number of benzene rings is 1. The third-order valence-electron chi connectivity index (χ3n) is 3.28. The van der Waals surface area contributed by atoms with Crippen molar-refractivity contribution in [2.75, 3.05) is 37.6 Å². The summed E-state index contributed by atoms with van der Waals surface area (Å²) in [5.41, 5.74) is 1.64. The fourth-order valence-electron chi connectivity index (χ4n) is 2.28. The molecule has 6 heteroatoms. The van der Waals surface area contributed by atoms with Crippen LogP contribution in [0.15, 0.2) is 28.7 Å². The Morgan fingerprint density at radius 3 is 2.68 bits per heavy atom. The maximum Gasteiger partial charge on any atom is 0.317 e. The van der Waals surface area contributed by atoms with Crippen molar-refractivity contribution in [2.24, 2.45) is 0 Å². The van der Waals surface area contributed by atoms with E-state index in [1.165, 1.54) is 0 Å². The number of hydrogen-bond donors (Lipinski definition) is 1. The molecule has 0 bridgehead atoms. The van der Waals surface area contributed by atoms with E-state index < -0.39 is 5.97 Å². The van der Waals surface area contributed by atoms with Crippen LogP contribution in [-0.2, 0) is 4.79 Å². The molecule has 0 aliphatic carbocycles. The van der Waals surface area contributed by atoms with Crippen LogP contribution in [0.1, 0.15) is 0 Å². The lowest BCUT2D eigenvalue weighted by atomic mass is 10.3. The molecule has 1 saturated heterocycles. The van der Waals surface area contributed by atoms with Crippen LogP contribution >= 0.6 is 0 Å². The summed E-state index contributed by atoms with van der Waals surface area (Å²) < 4.78 is 5.70. The van der Waals surface area contributed by atoms with Gasteiger partial charge in [0.2, 0.25) is 0 Å². The number of para-hydroxylation sites is 2. The van der Waals surface area contributed by atoms with Gasteiger partial charge in [-0.25, -0.2) is 0 Å². The lowest BCUT2D eigenvalue weighted by molar-refractivity contribution is -0.138. The van der Waals surface area contributed by atoms with Crippen LogP contribution in [0.5, 0.6) is 0 Å². The SMILES string of the molecule is O=C(O)CN1CCN(c2nc3ccccc3o2)CC1. The summed E-state index contributed by atoms with van der Waals surface area (Å²) in [6.07, 6.45) is 0. The van der Waals surface area contributed by atoms with Crippen LogP contribution in [0.2, 0.25) is 0 Å². The van der Waals surface area contributed by atoms with E-state index in [9.17, 15) is 4.79 Å². The summed E-state index contributed by atoms with van der Waals surface area (Å²) in [7, 11) is 0. The van der Waals surface area contributed by atoms with Gasteiger partial charge in [0.25, 0.3) is 6.01 Å². The third-order valence-corrected chi connectivity index (χ3v) is 3.28. The average molecular weight is 261 g/mol. The smallest absolute Gasteiger partial charge is 0.317 e. The van der Waals surface area contributed by atoms with Crippen LogP contribution < -0.4 is 4.90 Å². The fraction of sp³-hybridized carbons (Fsp3) is 0.385. The van der Waals surface area contributed by atoms with E-state index in [4.69, 9.17) is 9.52 Å². The highest BCUT2D eigenvalue weighted by atomic mass is 16.4. The van der Waals surface area contributed by atoms with Crippen molar-refractivity contribution >= 4 is 23.1 Å². The van der Waals surface area contributed by atoms with Gasteiger partial charge in [-0.05, 0) is 12.1 Å². The minimum Gasteiger partial charge on any atom is -0.480 e. The van der Waals surface area contributed by atoms with Crippen LogP contribution in [0.25, 0.3) is 11.1 Å². The van der Waals surface area contributed by atoms with Gasteiger partial charge in [0, 0.05) is 26.2 Å². The number of carboxylic acid groups (broad SMARTS) is 1. The number of fused-ring (bicyclic) bond motifs is 1. The van der Waals surface area contributed by atoms with Gasteiger partial charge in [0.15, 0.2) is 5.58 Å². The Bertz CT molecular complexity index is 555. The lowest BCUT2D eigenvalue weighted by Gasteiger charge is -2.32. The van der Waals surface area contributed by atoms with E-state index in [1.54, 1.807) is 0 Å².